The van der Waals surface area contributed by atoms with Gasteiger partial charge in [0.15, 0.2) is 17.5 Å². The number of nitrogens with zero attached hydrogens (tertiary/aromatic N) is 3. The minimum absolute atomic E-state index is 0.0216. The fourth-order valence-corrected chi connectivity index (χ4v) is 6.69. The zero-order valence-corrected chi connectivity index (χ0v) is 30.7. The summed E-state index contributed by atoms with van der Waals surface area (Å²) in [4.78, 5) is 14.7. The van der Waals surface area contributed by atoms with E-state index in [2.05, 4.69) is 109 Å². The van der Waals surface area contributed by atoms with Crippen molar-refractivity contribution in [1.82, 2.24) is 15.0 Å². The topological polar surface area (TPSA) is 68.1 Å². The minimum atomic E-state index is -0.484. The number of allylic oxidation sites excluding steroid dienone is 2. The van der Waals surface area contributed by atoms with Crippen LogP contribution in [0.2, 0.25) is 0 Å². The molecule has 5 aromatic carbocycles. The second-order valence-electron chi connectivity index (χ2n) is 15.0. The van der Waals surface area contributed by atoms with Gasteiger partial charge in [-0.3, -0.25) is 0 Å². The summed E-state index contributed by atoms with van der Waals surface area (Å²) < 4.78 is 6.53. The highest BCUT2D eigenvalue weighted by molar-refractivity contribution is 5.73. The Labute approximate surface area is 302 Å². The van der Waals surface area contributed by atoms with Crippen LogP contribution in [0, 0.1) is 10.8 Å². The van der Waals surface area contributed by atoms with E-state index in [0.29, 0.717) is 28.8 Å². The predicted molar refractivity (Wildman–Crippen MR) is 210 cm³/mol. The molecule has 5 heteroatoms. The summed E-state index contributed by atoms with van der Waals surface area (Å²) in [5.41, 5.74) is 6.15. The van der Waals surface area contributed by atoms with Crippen LogP contribution in [0.15, 0.2) is 140 Å². The highest BCUT2D eigenvalue weighted by Crippen LogP contribution is 2.46. The average Bonchev–Trinajstić information content (AvgIpc) is 3.11. The molecule has 0 aliphatic heterocycles. The van der Waals surface area contributed by atoms with Gasteiger partial charge in [0.05, 0.1) is 5.56 Å². The number of aromatic nitrogens is 3. The van der Waals surface area contributed by atoms with Crippen molar-refractivity contribution in [2.45, 2.75) is 60.5 Å². The first-order chi connectivity index (χ1) is 24.3. The van der Waals surface area contributed by atoms with Gasteiger partial charge in [0.2, 0.25) is 0 Å². The molecule has 51 heavy (non-hydrogen) atoms. The molecule has 0 bridgehead atoms. The third-order valence-electron chi connectivity index (χ3n) is 9.94. The Balaban J connectivity index is 1.35. The van der Waals surface area contributed by atoms with Crippen molar-refractivity contribution in [3.63, 3.8) is 0 Å². The van der Waals surface area contributed by atoms with Crippen LogP contribution in [0.1, 0.15) is 54.9 Å². The van der Waals surface area contributed by atoms with Crippen LogP contribution in [0.4, 0.5) is 0 Å². The maximum Gasteiger partial charge on any atom is 0.167 e. The van der Waals surface area contributed by atoms with E-state index in [1.54, 1.807) is 6.07 Å². The van der Waals surface area contributed by atoms with E-state index in [1.807, 2.05) is 72.8 Å². The molecule has 0 aliphatic rings. The number of rotatable bonds is 11. The lowest BCUT2D eigenvalue weighted by Crippen LogP contribution is -2.41. The van der Waals surface area contributed by atoms with Crippen LogP contribution < -0.4 is 4.74 Å². The molecule has 0 unspecified atom stereocenters. The summed E-state index contributed by atoms with van der Waals surface area (Å²) in [5.74, 6) is 2.05. The second kappa shape index (κ2) is 14.4. The van der Waals surface area contributed by atoms with Gasteiger partial charge in [0.1, 0.15) is 17.1 Å². The van der Waals surface area contributed by atoms with E-state index in [-0.39, 0.29) is 16.6 Å². The molecule has 0 radical (unpaired) electrons. The Bertz CT molecular complexity index is 2020. The van der Waals surface area contributed by atoms with Crippen LogP contribution in [-0.2, 0) is 0 Å². The van der Waals surface area contributed by atoms with Gasteiger partial charge in [-0.1, -0.05) is 149 Å². The maximum atomic E-state index is 11.4. The standard InChI is InChI=1S/C46H47N3O2/c1-8-29-44(2,3)45(4,5)31-46(6,7)51-38-27-28-39(40(50)30-38)43-48-41(36-23-19-34(20-24-36)32-15-11-9-12-16-32)47-42(49-43)37-25-21-35(22-26-37)33-17-13-10-14-18-33/h8-30,50H,31H2,1-7H3. The van der Waals surface area contributed by atoms with Crippen molar-refractivity contribution in [2.75, 3.05) is 0 Å². The van der Waals surface area contributed by atoms with Gasteiger partial charge in [0, 0.05) is 17.2 Å². The highest BCUT2D eigenvalue weighted by Gasteiger charge is 2.40. The molecule has 0 saturated heterocycles. The van der Waals surface area contributed by atoms with Gasteiger partial charge < -0.3 is 9.84 Å². The largest absolute Gasteiger partial charge is 0.507 e. The number of hydrogen-bond donors (Lipinski definition) is 1. The van der Waals surface area contributed by atoms with E-state index >= 15 is 0 Å². The van der Waals surface area contributed by atoms with Crippen molar-refractivity contribution in [3.05, 3.63) is 140 Å². The first-order valence-corrected chi connectivity index (χ1v) is 17.6. The molecule has 0 aliphatic carbocycles. The van der Waals surface area contributed by atoms with E-state index in [9.17, 15) is 5.11 Å². The zero-order valence-electron chi connectivity index (χ0n) is 30.7. The molecular weight excluding hydrogens is 627 g/mol. The molecule has 6 aromatic rings. The lowest BCUT2D eigenvalue weighted by Gasteiger charge is -2.44. The molecule has 0 fully saturated rings. The summed E-state index contributed by atoms with van der Waals surface area (Å²) >= 11 is 0. The summed E-state index contributed by atoms with van der Waals surface area (Å²) in [5, 5.41) is 11.4. The van der Waals surface area contributed by atoms with E-state index in [0.717, 1.165) is 39.8 Å². The molecule has 5 nitrogen and oxygen atoms in total. The van der Waals surface area contributed by atoms with Gasteiger partial charge in [-0.15, -0.1) is 0 Å². The van der Waals surface area contributed by atoms with Crippen LogP contribution in [-0.4, -0.2) is 25.7 Å². The van der Waals surface area contributed by atoms with Crippen molar-refractivity contribution in [1.29, 1.82) is 0 Å². The van der Waals surface area contributed by atoms with Crippen molar-refractivity contribution in [2.24, 2.45) is 10.8 Å². The van der Waals surface area contributed by atoms with E-state index < -0.39 is 5.60 Å². The van der Waals surface area contributed by atoms with Crippen LogP contribution in [0.3, 0.4) is 0 Å². The number of aromatic hydroxyl groups is 1. The van der Waals surface area contributed by atoms with Crippen molar-refractivity contribution < 1.29 is 9.84 Å². The number of ether oxygens (including phenoxy) is 1. The average molecular weight is 674 g/mol. The molecule has 0 amide bonds. The third kappa shape index (κ3) is 8.10. The minimum Gasteiger partial charge on any atom is -0.507 e. The summed E-state index contributed by atoms with van der Waals surface area (Å²) in [6.45, 7) is 15.3. The Hall–Kier alpha value is -5.55. The Morgan fingerprint density at radius 3 is 1.43 bits per heavy atom. The smallest absolute Gasteiger partial charge is 0.167 e. The van der Waals surface area contributed by atoms with Crippen LogP contribution in [0.5, 0.6) is 11.5 Å². The van der Waals surface area contributed by atoms with Crippen LogP contribution >= 0.6 is 0 Å². The van der Waals surface area contributed by atoms with Crippen LogP contribution in [0.25, 0.3) is 56.4 Å². The van der Waals surface area contributed by atoms with Gasteiger partial charge in [-0.2, -0.15) is 0 Å². The fraction of sp³-hybridized carbons (Fsp3) is 0.239. The summed E-state index contributed by atoms with van der Waals surface area (Å²) in [6, 6.07) is 42.3. The normalized spacial score (nSPS) is 12.3. The maximum absolute atomic E-state index is 11.4. The SMILES string of the molecule is CC=CC(C)(C)C(C)(C)CC(C)(C)Oc1ccc(-c2nc(-c3ccc(-c4ccccc4)cc3)nc(-c3ccc(-c4ccccc4)cc3)n2)c(O)c1. The van der Waals surface area contributed by atoms with Gasteiger partial charge >= 0.3 is 0 Å². The number of phenolic OH excluding ortho intramolecular Hbond substituents is 1. The Morgan fingerprint density at radius 1 is 0.549 bits per heavy atom. The first kappa shape index (κ1) is 35.3. The fourth-order valence-electron chi connectivity index (χ4n) is 6.69. The van der Waals surface area contributed by atoms with Gasteiger partial charge in [-0.25, -0.2) is 15.0 Å². The molecule has 1 heterocycles. The highest BCUT2D eigenvalue weighted by atomic mass is 16.5. The van der Waals surface area contributed by atoms with Gasteiger partial charge in [0.25, 0.3) is 0 Å². The third-order valence-corrected chi connectivity index (χ3v) is 9.94. The lowest BCUT2D eigenvalue weighted by molar-refractivity contribution is 0.0180. The second-order valence-corrected chi connectivity index (χ2v) is 15.0. The number of phenols is 1. The van der Waals surface area contributed by atoms with Crippen molar-refractivity contribution >= 4 is 0 Å². The first-order valence-electron chi connectivity index (χ1n) is 17.6. The molecule has 0 atom stereocenters. The molecule has 1 aromatic heterocycles. The molecule has 6 rings (SSSR count). The van der Waals surface area contributed by atoms with E-state index in [4.69, 9.17) is 19.7 Å². The molecule has 0 spiro atoms. The molecular formula is C46H47N3O2. The van der Waals surface area contributed by atoms with Crippen molar-refractivity contribution in [3.8, 4) is 67.9 Å². The molecule has 0 saturated carbocycles. The molecule has 1 N–H and O–H groups in total. The Morgan fingerprint density at radius 2 is 0.980 bits per heavy atom. The predicted octanol–water partition coefficient (Wildman–Crippen LogP) is 12.1. The Kier molecular flexibility index (Phi) is 9.93. The molecule has 258 valence electrons. The number of benzene rings is 5. The summed E-state index contributed by atoms with van der Waals surface area (Å²) in [7, 11) is 0. The quantitative estimate of drug-likeness (QED) is 0.139. The summed E-state index contributed by atoms with van der Waals surface area (Å²) in [6.07, 6.45) is 5.19. The zero-order chi connectivity index (χ0) is 36.2. The van der Waals surface area contributed by atoms with Gasteiger partial charge in [-0.05, 0) is 72.4 Å². The lowest BCUT2D eigenvalue weighted by atomic mass is 9.63. The number of hydrogen-bond acceptors (Lipinski definition) is 5. The monoisotopic (exact) mass is 673 g/mol. The van der Waals surface area contributed by atoms with E-state index in [1.165, 1.54) is 0 Å².